The second-order valence-electron chi connectivity index (χ2n) is 7.07. The standard InChI is InChI=1S/C25H26O4/c1-3-5-6-7-18-8-10-19(11-9-18)23-16-20-12-13-22(17-24(20)29-25(23)27)28-15-14-21(26)4-2/h4,8-13,16-17H,2-3,5-7,14-15H2,1H3. The molecule has 0 atom stereocenters. The summed E-state index contributed by atoms with van der Waals surface area (Å²) >= 11 is 0. The number of unbranched alkanes of at least 4 members (excludes halogenated alkanes) is 2. The molecule has 0 aliphatic rings. The maximum Gasteiger partial charge on any atom is 0.344 e. The summed E-state index contributed by atoms with van der Waals surface area (Å²) in [6.07, 6.45) is 6.21. The van der Waals surface area contributed by atoms with Crippen molar-refractivity contribution in [2.75, 3.05) is 6.61 Å². The van der Waals surface area contributed by atoms with Crippen LogP contribution in [0.25, 0.3) is 22.1 Å². The molecule has 4 heteroatoms. The van der Waals surface area contributed by atoms with Gasteiger partial charge in [-0.3, -0.25) is 4.79 Å². The monoisotopic (exact) mass is 390 g/mol. The van der Waals surface area contributed by atoms with Crippen LogP contribution in [-0.4, -0.2) is 12.4 Å². The molecular formula is C25H26O4. The Hall–Kier alpha value is -3.14. The van der Waals surface area contributed by atoms with Crippen LogP contribution in [0.15, 0.2) is 70.4 Å². The minimum atomic E-state index is -0.379. The van der Waals surface area contributed by atoms with Gasteiger partial charge in [0, 0.05) is 17.9 Å². The fourth-order valence-corrected chi connectivity index (χ4v) is 3.18. The number of hydrogen-bond acceptors (Lipinski definition) is 4. The molecule has 1 aromatic heterocycles. The molecular weight excluding hydrogens is 364 g/mol. The molecule has 0 bridgehead atoms. The number of ether oxygens (including phenoxy) is 1. The Morgan fingerprint density at radius 1 is 1.10 bits per heavy atom. The summed E-state index contributed by atoms with van der Waals surface area (Å²) in [5.41, 5.74) is 2.76. The molecule has 0 saturated carbocycles. The van der Waals surface area contributed by atoms with Crippen LogP contribution in [0.1, 0.15) is 38.2 Å². The third-order valence-corrected chi connectivity index (χ3v) is 4.89. The topological polar surface area (TPSA) is 56.5 Å². The SMILES string of the molecule is C=CC(=O)CCOc1ccc2cc(-c3ccc(CCCCC)cc3)c(=O)oc2c1. The molecule has 4 nitrogen and oxygen atoms in total. The molecule has 0 unspecified atom stereocenters. The van der Waals surface area contributed by atoms with Gasteiger partial charge >= 0.3 is 5.63 Å². The van der Waals surface area contributed by atoms with Gasteiger partial charge in [0.15, 0.2) is 5.78 Å². The number of benzene rings is 2. The summed E-state index contributed by atoms with van der Waals surface area (Å²) in [5, 5.41) is 0.821. The zero-order valence-corrected chi connectivity index (χ0v) is 16.8. The average Bonchev–Trinajstić information content (AvgIpc) is 2.74. The van der Waals surface area contributed by atoms with Crippen LogP contribution in [0.4, 0.5) is 0 Å². The van der Waals surface area contributed by atoms with E-state index in [0.717, 1.165) is 17.4 Å². The Morgan fingerprint density at radius 2 is 1.90 bits per heavy atom. The van der Waals surface area contributed by atoms with Crippen LogP contribution in [0.3, 0.4) is 0 Å². The molecule has 29 heavy (non-hydrogen) atoms. The number of fused-ring (bicyclic) bond motifs is 1. The van der Waals surface area contributed by atoms with Crippen molar-refractivity contribution in [2.24, 2.45) is 0 Å². The number of rotatable bonds is 10. The molecule has 0 fully saturated rings. The van der Waals surface area contributed by atoms with Gasteiger partial charge in [0.1, 0.15) is 11.3 Å². The predicted octanol–water partition coefficient (Wildman–Crippen LogP) is 5.72. The minimum Gasteiger partial charge on any atom is -0.493 e. The number of allylic oxidation sites excluding steroid dienone is 1. The highest BCUT2D eigenvalue weighted by atomic mass is 16.5. The van der Waals surface area contributed by atoms with Crippen molar-refractivity contribution in [1.82, 2.24) is 0 Å². The molecule has 3 aromatic rings. The number of aryl methyl sites for hydroxylation is 1. The summed E-state index contributed by atoms with van der Waals surface area (Å²) in [4.78, 5) is 23.8. The lowest BCUT2D eigenvalue weighted by atomic mass is 10.0. The van der Waals surface area contributed by atoms with Crippen molar-refractivity contribution in [3.05, 3.63) is 77.2 Å². The molecule has 0 N–H and O–H groups in total. The Labute approximate surface area is 170 Å². The maximum atomic E-state index is 12.5. The van der Waals surface area contributed by atoms with E-state index in [9.17, 15) is 9.59 Å². The lowest BCUT2D eigenvalue weighted by Crippen LogP contribution is -2.04. The van der Waals surface area contributed by atoms with Crippen molar-refractivity contribution in [3.8, 4) is 16.9 Å². The Morgan fingerprint density at radius 3 is 2.62 bits per heavy atom. The number of carbonyl (C=O) groups is 1. The van der Waals surface area contributed by atoms with E-state index in [0.29, 0.717) is 16.9 Å². The highest BCUT2D eigenvalue weighted by molar-refractivity contribution is 5.89. The van der Waals surface area contributed by atoms with Gasteiger partial charge in [-0.2, -0.15) is 0 Å². The molecule has 0 aliphatic carbocycles. The summed E-state index contributed by atoms with van der Waals surface area (Å²) in [7, 11) is 0. The lowest BCUT2D eigenvalue weighted by molar-refractivity contribution is -0.115. The summed E-state index contributed by atoms with van der Waals surface area (Å²) < 4.78 is 11.1. The zero-order valence-electron chi connectivity index (χ0n) is 16.8. The van der Waals surface area contributed by atoms with Crippen molar-refractivity contribution in [1.29, 1.82) is 0 Å². The van der Waals surface area contributed by atoms with Crippen LogP contribution >= 0.6 is 0 Å². The molecule has 0 amide bonds. The molecule has 0 saturated heterocycles. The van der Waals surface area contributed by atoms with Gasteiger partial charge in [0.05, 0.1) is 12.2 Å². The average molecular weight is 390 g/mol. The molecule has 150 valence electrons. The Kier molecular flexibility index (Phi) is 7.01. The van der Waals surface area contributed by atoms with Crippen molar-refractivity contribution in [2.45, 2.75) is 39.0 Å². The highest BCUT2D eigenvalue weighted by Crippen LogP contribution is 2.25. The Bertz CT molecular complexity index is 1040. The molecule has 2 aromatic carbocycles. The second kappa shape index (κ2) is 9.87. The third kappa shape index (κ3) is 5.44. The van der Waals surface area contributed by atoms with Crippen molar-refractivity contribution < 1.29 is 13.9 Å². The van der Waals surface area contributed by atoms with E-state index >= 15 is 0 Å². The van der Waals surface area contributed by atoms with Gasteiger partial charge in [-0.05, 0) is 48.2 Å². The van der Waals surface area contributed by atoms with Crippen molar-refractivity contribution >= 4 is 16.8 Å². The van der Waals surface area contributed by atoms with E-state index in [-0.39, 0.29) is 24.4 Å². The third-order valence-electron chi connectivity index (χ3n) is 4.89. The van der Waals surface area contributed by atoms with Crippen LogP contribution in [-0.2, 0) is 11.2 Å². The lowest BCUT2D eigenvalue weighted by Gasteiger charge is -2.07. The van der Waals surface area contributed by atoms with Crippen LogP contribution in [0.5, 0.6) is 5.75 Å². The minimum absolute atomic E-state index is 0.0710. The van der Waals surface area contributed by atoms with E-state index in [1.807, 2.05) is 24.3 Å². The largest absolute Gasteiger partial charge is 0.493 e. The van der Waals surface area contributed by atoms with Gasteiger partial charge < -0.3 is 9.15 Å². The maximum absolute atomic E-state index is 12.5. The summed E-state index contributed by atoms with van der Waals surface area (Å²) in [6.45, 7) is 5.89. The van der Waals surface area contributed by atoms with Gasteiger partial charge in [0.2, 0.25) is 0 Å². The van der Waals surface area contributed by atoms with E-state index in [1.54, 1.807) is 12.1 Å². The van der Waals surface area contributed by atoms with Gasteiger partial charge in [-0.15, -0.1) is 0 Å². The molecule has 0 radical (unpaired) electrons. The first-order valence-corrected chi connectivity index (χ1v) is 10.1. The zero-order chi connectivity index (χ0) is 20.6. The summed E-state index contributed by atoms with van der Waals surface area (Å²) in [5.74, 6) is 0.486. The van der Waals surface area contributed by atoms with E-state index in [2.05, 4.69) is 25.6 Å². The first-order valence-electron chi connectivity index (χ1n) is 10.1. The number of carbonyl (C=O) groups excluding carboxylic acids is 1. The Balaban J connectivity index is 1.77. The van der Waals surface area contributed by atoms with Gasteiger partial charge in [0.25, 0.3) is 0 Å². The van der Waals surface area contributed by atoms with Crippen LogP contribution in [0, 0.1) is 0 Å². The molecule has 1 heterocycles. The number of ketones is 1. The first-order chi connectivity index (χ1) is 14.1. The van der Waals surface area contributed by atoms with Crippen molar-refractivity contribution in [3.63, 3.8) is 0 Å². The van der Waals surface area contributed by atoms with Crippen LogP contribution in [0.2, 0.25) is 0 Å². The predicted molar refractivity (Wildman–Crippen MR) is 116 cm³/mol. The molecule has 0 spiro atoms. The van der Waals surface area contributed by atoms with Gasteiger partial charge in [-0.1, -0.05) is 50.6 Å². The van der Waals surface area contributed by atoms with Crippen LogP contribution < -0.4 is 10.4 Å². The van der Waals surface area contributed by atoms with E-state index in [4.69, 9.17) is 9.15 Å². The number of hydrogen-bond donors (Lipinski definition) is 0. The van der Waals surface area contributed by atoms with Gasteiger partial charge in [-0.25, -0.2) is 4.79 Å². The smallest absolute Gasteiger partial charge is 0.344 e. The summed E-state index contributed by atoms with van der Waals surface area (Å²) in [6, 6.07) is 15.3. The normalized spacial score (nSPS) is 10.8. The fourth-order valence-electron chi connectivity index (χ4n) is 3.18. The van der Waals surface area contributed by atoms with E-state index < -0.39 is 0 Å². The molecule has 0 aliphatic heterocycles. The van der Waals surface area contributed by atoms with E-state index in [1.165, 1.54) is 30.9 Å². The quantitative estimate of drug-likeness (QED) is 0.252. The molecule has 3 rings (SSSR count). The first kappa shape index (κ1) is 20.6. The highest BCUT2D eigenvalue weighted by Gasteiger charge is 2.09. The fraction of sp³-hybridized carbons (Fsp3) is 0.280. The second-order valence-corrected chi connectivity index (χ2v) is 7.07.